The van der Waals surface area contributed by atoms with Gasteiger partial charge in [-0.2, -0.15) is 0 Å². The van der Waals surface area contributed by atoms with Gasteiger partial charge in [0.2, 0.25) is 0 Å². The number of benzene rings is 13. The fourth-order valence-corrected chi connectivity index (χ4v) is 12.0. The van der Waals surface area contributed by atoms with E-state index in [2.05, 4.69) is 0 Å². The summed E-state index contributed by atoms with van der Waals surface area (Å²) in [4.78, 5) is 0.641. The Morgan fingerprint density at radius 3 is 1.66 bits per heavy atom. The fourth-order valence-electron chi connectivity index (χ4n) is 12.0. The molecule has 13 aromatic carbocycles. The zero-order chi connectivity index (χ0) is 85.8. The highest BCUT2D eigenvalue weighted by atomic mass is 15.1. The van der Waals surface area contributed by atoms with Crippen LogP contribution in [0.3, 0.4) is 0 Å². The van der Waals surface area contributed by atoms with Crippen LogP contribution in [-0.4, -0.2) is 0 Å². The minimum atomic E-state index is -2.77. The molecule has 0 aromatic heterocycles. The second-order valence-electron chi connectivity index (χ2n) is 18.7. The number of anilines is 3. The number of rotatable bonds is 6. The summed E-state index contributed by atoms with van der Waals surface area (Å²) in [7, 11) is 0. The second kappa shape index (κ2) is 16.7. The van der Waals surface area contributed by atoms with E-state index in [-0.39, 0.29) is 39.4 Å². The van der Waals surface area contributed by atoms with Gasteiger partial charge in [-0.1, -0.05) is 260 Å². The molecule has 0 saturated heterocycles. The smallest absolute Gasteiger partial charge is 0.0726 e. The highest BCUT2D eigenvalue weighted by molar-refractivity contribution is 6.05. The highest BCUT2D eigenvalue weighted by Gasteiger charge is 2.53. The van der Waals surface area contributed by atoms with Crippen LogP contribution in [0, 0.1) is 0 Å². The van der Waals surface area contributed by atoms with Crippen molar-refractivity contribution >= 4 is 27.8 Å². The normalized spacial score (nSPS) is 23.1. The van der Waals surface area contributed by atoms with Gasteiger partial charge in [0.15, 0.2) is 0 Å². The molecule has 366 valence electrons. The van der Waals surface area contributed by atoms with Crippen molar-refractivity contribution in [1.82, 2.24) is 0 Å². The molecule has 0 radical (unpaired) electrons. The molecule has 2 spiro atoms. The number of hydrogen-bond donors (Lipinski definition) is 0. The van der Waals surface area contributed by atoms with Gasteiger partial charge in [-0.05, 0) is 169 Å². The van der Waals surface area contributed by atoms with E-state index in [1.165, 1.54) is 18.2 Å². The molecule has 1 heteroatoms. The molecular weight excluding hydrogens is 951 g/mol. The van der Waals surface area contributed by atoms with Gasteiger partial charge in [-0.3, -0.25) is 0 Å². The van der Waals surface area contributed by atoms with Crippen LogP contribution in [0.2, 0.25) is 0 Å². The first-order chi connectivity index (χ1) is 55.3. The summed E-state index contributed by atoms with van der Waals surface area (Å²) in [5.41, 5.74) is -19.7. The first kappa shape index (κ1) is 20.7. The van der Waals surface area contributed by atoms with Crippen molar-refractivity contribution < 1.29 is 53.5 Å². The summed E-state index contributed by atoms with van der Waals surface area (Å²) < 4.78 is 374. The number of nitrogens with zero attached hydrogens (tertiary/aromatic N) is 1. The zero-order valence-electron chi connectivity index (χ0n) is 79.2. The second-order valence-corrected chi connectivity index (χ2v) is 18.7. The average Bonchev–Trinajstić information content (AvgIpc) is 1.48. The molecule has 0 fully saturated rings. The Labute approximate surface area is 515 Å². The Morgan fingerprint density at radius 1 is 0.266 bits per heavy atom. The summed E-state index contributed by atoms with van der Waals surface area (Å²) >= 11 is 0. The summed E-state index contributed by atoms with van der Waals surface area (Å²) in [6.45, 7) is 0. The van der Waals surface area contributed by atoms with Crippen molar-refractivity contribution in [2.45, 2.75) is 10.8 Å². The zero-order valence-corrected chi connectivity index (χ0v) is 40.2. The predicted octanol–water partition coefficient (Wildman–Crippen LogP) is 20.0. The Bertz CT molecular complexity index is 7050. The van der Waals surface area contributed by atoms with E-state index in [1.54, 1.807) is 0 Å². The molecule has 4 aliphatic rings. The van der Waals surface area contributed by atoms with Crippen LogP contribution in [0.4, 0.5) is 17.1 Å². The molecule has 0 N–H and O–H groups in total. The lowest BCUT2D eigenvalue weighted by Crippen LogP contribution is -2.26. The van der Waals surface area contributed by atoms with E-state index < -0.39 is 357 Å². The quantitative estimate of drug-likeness (QED) is 0.160. The minimum Gasteiger partial charge on any atom is -0.310 e. The molecular formula is C78H49N. The van der Waals surface area contributed by atoms with Crippen LogP contribution in [0.15, 0.2) is 296 Å². The predicted molar refractivity (Wildman–Crippen MR) is 328 cm³/mol. The van der Waals surface area contributed by atoms with Crippen molar-refractivity contribution in [2.75, 3.05) is 4.90 Å². The summed E-state index contributed by atoms with van der Waals surface area (Å²) in [6.07, 6.45) is 0. The maximum absolute atomic E-state index is 11.2. The van der Waals surface area contributed by atoms with Gasteiger partial charge in [-0.15, -0.1) is 0 Å². The first-order valence-corrected chi connectivity index (χ1v) is 24.5. The SMILES string of the molecule is [2H]c1cc([2H])c2c(c1)C1(c3c([2H])ccc([2H])c3-2)c2c([2H])cc([2H])c([2H])c2-c2c([2H])c([2H])c(N(c3cc([2H])c(-c4c([2H])c([2H])c5c([2H])c([2H])c([2H])c([2H])c5c4-c4c([2H])cc(-c5cc([2H])c([2H])c([2H])c5[2H])c([2H])c4[2H])c([2H])c3[2H])c3cc4c(c([2H])c3[2H])-c3c([2H])c([2H])c([2H])c([2H])c3C43c4cc([2H])c([2H])c([2H])c4-c4c([2H])c([2H])c([2H])c([2H])c43)c([2H])c21. The van der Waals surface area contributed by atoms with Gasteiger partial charge < -0.3 is 4.90 Å². The number of fused-ring (bicyclic) bond motifs is 21. The van der Waals surface area contributed by atoms with Gasteiger partial charge >= 0.3 is 0 Å². The molecule has 1 nitrogen and oxygen atoms in total. The fraction of sp³-hybridized carbons (Fsp3) is 0.0256. The lowest BCUT2D eigenvalue weighted by Gasteiger charge is -2.33. The average molecular weight is 1040 g/mol. The van der Waals surface area contributed by atoms with Crippen LogP contribution in [0.1, 0.15) is 98.0 Å². The van der Waals surface area contributed by atoms with Gasteiger partial charge in [-0.25, -0.2) is 0 Å². The van der Waals surface area contributed by atoms with E-state index in [0.29, 0.717) is 11.0 Å². The van der Waals surface area contributed by atoms with Gasteiger partial charge in [0, 0.05) is 17.1 Å². The molecule has 4 aliphatic carbocycles. The minimum absolute atomic E-state index is 0.152. The standard InChI is InChI=1S/C78H49N/c1-2-18-50(19-3-1)51-34-36-54(37-35-51)76-58-21-5-4-20-52(58)40-45-59(76)53-38-41-55(42-39-53)79(56-43-46-66-64-26-10-16-32-72(64)77(74(66)48-56)68-28-12-6-22-60(68)61-23-7-13-29-69(61)77)57-44-47-67-65-27-11-17-33-73(65)78(75(67)49-57)70-30-14-8-24-62(70)63-25-9-15-31-71(63)78/h1-49H/i1D,2D,3D,4D,5D,6D,7D,10D,11D,12D,13D,14D,16D,18D,20D,21D,22D,23D,24D,25D,26D,27D,28D,31D,32D,33D,34D,36D,37D,38D,39D,40D,41D,43D,44D,45D,46D,47D,49D. The van der Waals surface area contributed by atoms with Gasteiger partial charge in [0.05, 0.1) is 64.3 Å². The lowest BCUT2D eigenvalue weighted by molar-refractivity contribution is 0.792. The van der Waals surface area contributed by atoms with Crippen LogP contribution < -0.4 is 4.90 Å². The number of hydrogen-bond acceptors (Lipinski definition) is 1. The van der Waals surface area contributed by atoms with Crippen molar-refractivity contribution in [2.24, 2.45) is 0 Å². The van der Waals surface area contributed by atoms with E-state index in [9.17, 15) is 39.8 Å². The first-order valence-electron chi connectivity index (χ1n) is 44.0. The molecule has 0 amide bonds. The van der Waals surface area contributed by atoms with Gasteiger partial charge in [0.1, 0.15) is 0 Å². The third-order valence-electron chi connectivity index (χ3n) is 15.1. The Hall–Kier alpha value is -10.1. The third kappa shape index (κ3) is 5.99. The molecule has 0 heterocycles. The summed E-state index contributed by atoms with van der Waals surface area (Å²) in [5, 5.41) is -1.49. The van der Waals surface area contributed by atoms with E-state index in [0.717, 1.165) is 36.4 Å². The Kier molecular flexibility index (Phi) is 4.38. The molecule has 17 rings (SSSR count). The van der Waals surface area contributed by atoms with Gasteiger partial charge in [0.25, 0.3) is 0 Å². The lowest BCUT2D eigenvalue weighted by atomic mass is 9.70. The summed E-state index contributed by atoms with van der Waals surface area (Å²) in [6, 6.07) is -24.3. The summed E-state index contributed by atoms with van der Waals surface area (Å²) in [5.74, 6) is 0. The molecule has 0 bridgehead atoms. The monoisotopic (exact) mass is 1040 g/mol. The Balaban J connectivity index is 1.07. The third-order valence-corrected chi connectivity index (χ3v) is 15.1. The van der Waals surface area contributed by atoms with Crippen LogP contribution in [0.5, 0.6) is 0 Å². The molecule has 13 aromatic rings. The Morgan fingerprint density at radius 2 is 0.797 bits per heavy atom. The van der Waals surface area contributed by atoms with E-state index in [1.807, 2.05) is 0 Å². The van der Waals surface area contributed by atoms with E-state index >= 15 is 0 Å². The van der Waals surface area contributed by atoms with E-state index in [4.69, 9.17) is 13.7 Å². The largest absolute Gasteiger partial charge is 0.310 e. The van der Waals surface area contributed by atoms with Crippen LogP contribution in [-0.2, 0) is 10.8 Å². The van der Waals surface area contributed by atoms with Crippen molar-refractivity contribution in [3.05, 3.63) is 341 Å². The topological polar surface area (TPSA) is 3.24 Å². The van der Waals surface area contributed by atoms with Crippen molar-refractivity contribution in [3.8, 4) is 77.9 Å². The van der Waals surface area contributed by atoms with Crippen LogP contribution >= 0.6 is 0 Å². The molecule has 0 aliphatic heterocycles. The van der Waals surface area contributed by atoms with Crippen molar-refractivity contribution in [1.29, 1.82) is 0 Å². The van der Waals surface area contributed by atoms with Crippen molar-refractivity contribution in [3.63, 3.8) is 0 Å². The van der Waals surface area contributed by atoms with Crippen LogP contribution in [0.25, 0.3) is 88.7 Å². The maximum Gasteiger partial charge on any atom is 0.0726 e. The molecule has 2 unspecified atom stereocenters. The molecule has 2 atom stereocenters. The molecule has 0 saturated carbocycles. The maximum atomic E-state index is 11.2. The molecule has 79 heavy (non-hydrogen) atoms. The highest BCUT2D eigenvalue weighted by Crippen LogP contribution is 2.65.